The van der Waals surface area contributed by atoms with Crippen LogP contribution < -0.4 is 5.32 Å². The summed E-state index contributed by atoms with van der Waals surface area (Å²) in [7, 11) is 0. The van der Waals surface area contributed by atoms with Crippen LogP contribution in [0.25, 0.3) is 0 Å². The van der Waals surface area contributed by atoms with Gasteiger partial charge in [-0.25, -0.2) is 4.39 Å². The molecule has 0 amide bonds. The fourth-order valence-electron chi connectivity index (χ4n) is 1.23. The zero-order chi connectivity index (χ0) is 12.3. The molecular formula is C13H19BrFN. The van der Waals surface area contributed by atoms with Gasteiger partial charge >= 0.3 is 0 Å². The van der Waals surface area contributed by atoms with Gasteiger partial charge in [0.05, 0.1) is 4.47 Å². The van der Waals surface area contributed by atoms with Gasteiger partial charge in [0.15, 0.2) is 0 Å². The highest BCUT2D eigenvalue weighted by molar-refractivity contribution is 9.10. The summed E-state index contributed by atoms with van der Waals surface area (Å²) in [6.07, 6.45) is 0. The van der Waals surface area contributed by atoms with Crippen LogP contribution >= 0.6 is 15.9 Å². The Bertz CT molecular complexity index is 357. The van der Waals surface area contributed by atoms with Crippen molar-refractivity contribution in [3.05, 3.63) is 34.1 Å². The second-order valence-electron chi connectivity index (χ2n) is 5.22. The van der Waals surface area contributed by atoms with Crippen molar-refractivity contribution in [2.24, 2.45) is 5.41 Å². The summed E-state index contributed by atoms with van der Waals surface area (Å²) >= 11 is 3.19. The van der Waals surface area contributed by atoms with Crippen LogP contribution in [0.4, 0.5) is 4.39 Å². The predicted octanol–water partition coefficient (Wildman–Crippen LogP) is 4.11. The third-order valence-corrected chi connectivity index (χ3v) is 3.50. The SMILES string of the molecule is CC(NCc1ccc(F)c(Br)c1)C(C)(C)C. The first-order valence-electron chi connectivity index (χ1n) is 5.48. The van der Waals surface area contributed by atoms with Crippen LogP contribution in [-0.2, 0) is 6.54 Å². The van der Waals surface area contributed by atoms with Gasteiger partial charge in [-0.15, -0.1) is 0 Å². The molecule has 1 nitrogen and oxygen atoms in total. The number of benzene rings is 1. The van der Waals surface area contributed by atoms with Gasteiger partial charge in [-0.2, -0.15) is 0 Å². The van der Waals surface area contributed by atoms with E-state index in [2.05, 4.69) is 48.9 Å². The molecular weight excluding hydrogens is 269 g/mol. The van der Waals surface area contributed by atoms with Gasteiger partial charge in [0, 0.05) is 12.6 Å². The summed E-state index contributed by atoms with van der Waals surface area (Å²) in [6.45, 7) is 9.53. The Hall–Kier alpha value is -0.410. The molecule has 3 heteroatoms. The lowest BCUT2D eigenvalue weighted by Gasteiger charge is -2.28. The van der Waals surface area contributed by atoms with E-state index in [-0.39, 0.29) is 11.2 Å². The van der Waals surface area contributed by atoms with Crippen LogP contribution in [0.3, 0.4) is 0 Å². The van der Waals surface area contributed by atoms with E-state index in [1.54, 1.807) is 0 Å². The molecule has 0 saturated heterocycles. The van der Waals surface area contributed by atoms with Gasteiger partial charge in [0.2, 0.25) is 0 Å². The molecule has 1 unspecified atom stereocenters. The molecule has 0 fully saturated rings. The van der Waals surface area contributed by atoms with Gasteiger partial charge in [0.1, 0.15) is 5.82 Å². The van der Waals surface area contributed by atoms with Crippen molar-refractivity contribution in [3.63, 3.8) is 0 Å². The van der Waals surface area contributed by atoms with Crippen LogP contribution in [0.15, 0.2) is 22.7 Å². The predicted molar refractivity (Wildman–Crippen MR) is 69.9 cm³/mol. The van der Waals surface area contributed by atoms with Crippen molar-refractivity contribution in [2.75, 3.05) is 0 Å². The van der Waals surface area contributed by atoms with E-state index >= 15 is 0 Å². The maximum atomic E-state index is 13.0. The highest BCUT2D eigenvalue weighted by Gasteiger charge is 2.18. The van der Waals surface area contributed by atoms with Crippen molar-refractivity contribution in [1.29, 1.82) is 0 Å². The van der Waals surface area contributed by atoms with E-state index in [1.165, 1.54) is 6.07 Å². The normalized spacial score (nSPS) is 13.9. The fourth-order valence-corrected chi connectivity index (χ4v) is 1.65. The Morgan fingerprint density at radius 2 is 2.00 bits per heavy atom. The minimum absolute atomic E-state index is 0.215. The van der Waals surface area contributed by atoms with Gasteiger partial charge in [-0.3, -0.25) is 0 Å². The summed E-state index contributed by atoms with van der Waals surface area (Å²) < 4.78 is 13.5. The second-order valence-corrected chi connectivity index (χ2v) is 6.07. The van der Waals surface area contributed by atoms with E-state index in [0.29, 0.717) is 10.5 Å². The monoisotopic (exact) mass is 287 g/mol. The highest BCUT2D eigenvalue weighted by atomic mass is 79.9. The van der Waals surface area contributed by atoms with Crippen LogP contribution in [0.1, 0.15) is 33.3 Å². The first-order valence-corrected chi connectivity index (χ1v) is 6.27. The molecule has 16 heavy (non-hydrogen) atoms. The first-order chi connectivity index (χ1) is 7.30. The zero-order valence-corrected chi connectivity index (χ0v) is 11.9. The van der Waals surface area contributed by atoms with E-state index in [0.717, 1.165) is 12.1 Å². The van der Waals surface area contributed by atoms with Crippen LogP contribution in [0.5, 0.6) is 0 Å². The number of rotatable bonds is 3. The molecule has 1 aromatic carbocycles. The molecule has 1 N–H and O–H groups in total. The van der Waals surface area contributed by atoms with Gasteiger partial charge in [0.25, 0.3) is 0 Å². The van der Waals surface area contributed by atoms with E-state index < -0.39 is 0 Å². The molecule has 0 aliphatic heterocycles. The largest absolute Gasteiger partial charge is 0.310 e. The molecule has 0 saturated carbocycles. The molecule has 0 aliphatic carbocycles. The summed E-state index contributed by atoms with van der Waals surface area (Å²) in [6, 6.07) is 5.53. The molecule has 1 atom stereocenters. The minimum atomic E-state index is -0.215. The summed E-state index contributed by atoms with van der Waals surface area (Å²) in [5.41, 5.74) is 1.32. The van der Waals surface area contributed by atoms with Crippen LogP contribution in [0, 0.1) is 11.2 Å². The lowest BCUT2D eigenvalue weighted by molar-refractivity contribution is 0.285. The van der Waals surface area contributed by atoms with E-state index in [4.69, 9.17) is 0 Å². The fraction of sp³-hybridized carbons (Fsp3) is 0.538. The molecule has 0 heterocycles. The standard InChI is InChI=1S/C13H19BrFN/c1-9(13(2,3)4)16-8-10-5-6-12(15)11(14)7-10/h5-7,9,16H,8H2,1-4H3. The topological polar surface area (TPSA) is 12.0 Å². The molecule has 90 valence electrons. The van der Waals surface area contributed by atoms with Crippen molar-refractivity contribution in [3.8, 4) is 0 Å². The highest BCUT2D eigenvalue weighted by Crippen LogP contribution is 2.20. The Balaban J connectivity index is 2.58. The summed E-state index contributed by atoms with van der Waals surface area (Å²) in [5.74, 6) is -0.215. The zero-order valence-electron chi connectivity index (χ0n) is 10.3. The smallest absolute Gasteiger partial charge is 0.137 e. The maximum absolute atomic E-state index is 13.0. The summed E-state index contributed by atoms with van der Waals surface area (Å²) in [4.78, 5) is 0. The Morgan fingerprint density at radius 1 is 1.38 bits per heavy atom. The van der Waals surface area contributed by atoms with Crippen molar-refractivity contribution < 1.29 is 4.39 Å². The molecule has 0 aromatic heterocycles. The Morgan fingerprint density at radius 3 is 2.50 bits per heavy atom. The van der Waals surface area contributed by atoms with Crippen molar-refractivity contribution in [2.45, 2.75) is 40.3 Å². The number of nitrogens with one attached hydrogen (secondary N) is 1. The third kappa shape index (κ3) is 3.87. The maximum Gasteiger partial charge on any atom is 0.137 e. The average Bonchev–Trinajstić information content (AvgIpc) is 2.18. The quantitative estimate of drug-likeness (QED) is 0.882. The van der Waals surface area contributed by atoms with Crippen molar-refractivity contribution >= 4 is 15.9 Å². The number of halogens is 2. The van der Waals surface area contributed by atoms with Gasteiger partial charge in [-0.05, 0) is 46.0 Å². The van der Waals surface area contributed by atoms with Gasteiger partial charge < -0.3 is 5.32 Å². The third-order valence-electron chi connectivity index (χ3n) is 2.90. The second kappa shape index (κ2) is 5.28. The molecule has 0 aliphatic rings. The molecule has 1 aromatic rings. The molecule has 1 rings (SSSR count). The van der Waals surface area contributed by atoms with Crippen molar-refractivity contribution in [1.82, 2.24) is 5.32 Å². The first kappa shape index (κ1) is 13.7. The molecule has 0 bridgehead atoms. The Kier molecular flexibility index (Phi) is 4.51. The number of hydrogen-bond donors (Lipinski definition) is 1. The molecule has 0 spiro atoms. The minimum Gasteiger partial charge on any atom is -0.310 e. The number of hydrogen-bond acceptors (Lipinski definition) is 1. The average molecular weight is 288 g/mol. The van der Waals surface area contributed by atoms with Crippen LogP contribution in [0.2, 0.25) is 0 Å². The van der Waals surface area contributed by atoms with E-state index in [9.17, 15) is 4.39 Å². The Labute approximate surface area is 106 Å². The lowest BCUT2D eigenvalue weighted by atomic mass is 9.88. The summed E-state index contributed by atoms with van der Waals surface area (Å²) in [5, 5.41) is 3.44. The van der Waals surface area contributed by atoms with Gasteiger partial charge in [-0.1, -0.05) is 26.8 Å². The molecule has 0 radical (unpaired) electrons. The lowest BCUT2D eigenvalue weighted by Crippen LogP contribution is -2.37. The van der Waals surface area contributed by atoms with Crippen LogP contribution in [-0.4, -0.2) is 6.04 Å². The van der Waals surface area contributed by atoms with E-state index in [1.807, 2.05) is 12.1 Å².